The number of rotatable bonds is 4. The minimum atomic E-state index is -0.688. The molecule has 2 rings (SSSR count). The molecule has 1 aromatic carbocycles. The molecule has 1 atom stereocenters. The van der Waals surface area contributed by atoms with Crippen LogP contribution in [-0.2, 0) is 6.61 Å². The summed E-state index contributed by atoms with van der Waals surface area (Å²) in [5, 5.41) is 9.54. The van der Waals surface area contributed by atoms with Gasteiger partial charge in [0.25, 0.3) is 0 Å². The zero-order valence-corrected chi connectivity index (χ0v) is 10.1. The van der Waals surface area contributed by atoms with Crippen LogP contribution < -0.4 is 4.74 Å². The molecule has 90 valence electrons. The molecular weight excluding hydrogens is 241 g/mol. The van der Waals surface area contributed by atoms with Crippen LogP contribution in [0.2, 0.25) is 0 Å². The van der Waals surface area contributed by atoms with E-state index in [1.54, 1.807) is 18.6 Å². The first-order valence-corrected chi connectivity index (χ1v) is 6.02. The van der Waals surface area contributed by atoms with Crippen molar-refractivity contribution in [3.8, 4) is 5.75 Å². The predicted molar refractivity (Wildman–Crippen MR) is 63.5 cm³/mol. The van der Waals surface area contributed by atoms with Gasteiger partial charge in [-0.2, -0.15) is 0 Å². The topological polar surface area (TPSA) is 42.4 Å². The van der Waals surface area contributed by atoms with Crippen LogP contribution in [0.1, 0.15) is 23.5 Å². The third-order valence-corrected chi connectivity index (χ3v) is 3.03. The van der Waals surface area contributed by atoms with Gasteiger partial charge in [-0.3, -0.25) is 4.98 Å². The lowest BCUT2D eigenvalue weighted by Crippen LogP contribution is -2.00. The normalized spacial score (nSPS) is 12.4. The summed E-state index contributed by atoms with van der Waals surface area (Å²) in [6.45, 7) is 1.95. The number of aromatic nitrogens is 1. The van der Waals surface area contributed by atoms with Crippen molar-refractivity contribution in [1.82, 2.24) is 4.98 Å². The Hall–Kier alpha value is -1.46. The van der Waals surface area contributed by atoms with Crippen LogP contribution in [0.4, 0.5) is 4.39 Å². The maximum Gasteiger partial charge on any atom is 0.128 e. The van der Waals surface area contributed by atoms with Crippen molar-refractivity contribution in [3.63, 3.8) is 0 Å². The van der Waals surface area contributed by atoms with E-state index in [1.165, 1.54) is 29.5 Å². The van der Waals surface area contributed by atoms with Crippen molar-refractivity contribution in [1.29, 1.82) is 0 Å². The molecule has 3 nitrogen and oxygen atoms in total. The van der Waals surface area contributed by atoms with Gasteiger partial charge in [-0.15, -0.1) is 11.3 Å². The van der Waals surface area contributed by atoms with E-state index in [1.807, 2.05) is 0 Å². The molecule has 17 heavy (non-hydrogen) atoms. The molecular formula is C12H12FNO2S. The third-order valence-electron chi connectivity index (χ3n) is 2.28. The summed E-state index contributed by atoms with van der Waals surface area (Å²) >= 11 is 1.47. The Labute approximate surface area is 103 Å². The van der Waals surface area contributed by atoms with Crippen molar-refractivity contribution in [2.75, 3.05) is 0 Å². The highest BCUT2D eigenvalue weighted by Gasteiger charge is 2.10. The second kappa shape index (κ2) is 5.25. The first-order chi connectivity index (χ1) is 8.16. The number of halogens is 1. The van der Waals surface area contributed by atoms with E-state index in [0.717, 1.165) is 4.88 Å². The van der Waals surface area contributed by atoms with E-state index in [0.29, 0.717) is 17.9 Å². The van der Waals surface area contributed by atoms with Gasteiger partial charge in [0.15, 0.2) is 0 Å². The molecule has 0 aliphatic rings. The smallest absolute Gasteiger partial charge is 0.128 e. The lowest BCUT2D eigenvalue weighted by Gasteiger charge is -2.12. The van der Waals surface area contributed by atoms with Gasteiger partial charge < -0.3 is 9.84 Å². The largest absolute Gasteiger partial charge is 0.488 e. The molecule has 0 aliphatic carbocycles. The van der Waals surface area contributed by atoms with Crippen LogP contribution in [0.25, 0.3) is 0 Å². The van der Waals surface area contributed by atoms with Gasteiger partial charge in [0.2, 0.25) is 0 Å². The van der Waals surface area contributed by atoms with Gasteiger partial charge in [0.05, 0.1) is 16.5 Å². The number of benzene rings is 1. The van der Waals surface area contributed by atoms with Gasteiger partial charge in [-0.05, 0) is 19.1 Å². The first kappa shape index (κ1) is 12.0. The summed E-state index contributed by atoms with van der Waals surface area (Å²) in [7, 11) is 0. The molecule has 0 saturated carbocycles. The van der Waals surface area contributed by atoms with Crippen LogP contribution in [-0.4, -0.2) is 10.1 Å². The SMILES string of the molecule is CC(O)c1ccc(F)cc1OCc1cncs1. The van der Waals surface area contributed by atoms with Crippen LogP contribution in [0.3, 0.4) is 0 Å². The number of aliphatic hydroxyl groups is 1. The molecule has 0 fully saturated rings. The highest BCUT2D eigenvalue weighted by molar-refractivity contribution is 7.09. The minimum Gasteiger partial charge on any atom is -0.488 e. The van der Waals surface area contributed by atoms with Gasteiger partial charge >= 0.3 is 0 Å². The molecule has 5 heteroatoms. The fourth-order valence-electron chi connectivity index (χ4n) is 1.44. The highest BCUT2D eigenvalue weighted by Crippen LogP contribution is 2.27. The second-order valence-corrected chi connectivity index (χ2v) is 4.59. The van der Waals surface area contributed by atoms with E-state index < -0.39 is 6.10 Å². The lowest BCUT2D eigenvalue weighted by molar-refractivity contribution is 0.190. The molecule has 2 aromatic rings. The summed E-state index contributed by atoms with van der Waals surface area (Å²) in [5.74, 6) is -0.0119. The number of hydrogen-bond donors (Lipinski definition) is 1. The summed E-state index contributed by atoms with van der Waals surface area (Å²) in [6, 6.07) is 4.12. The molecule has 1 unspecified atom stereocenters. The monoisotopic (exact) mass is 253 g/mol. The van der Waals surface area contributed by atoms with Crippen molar-refractivity contribution in [3.05, 3.63) is 46.2 Å². The lowest BCUT2D eigenvalue weighted by atomic mass is 10.1. The number of nitrogens with zero attached hydrogens (tertiary/aromatic N) is 1. The van der Waals surface area contributed by atoms with Crippen LogP contribution >= 0.6 is 11.3 Å². The zero-order chi connectivity index (χ0) is 12.3. The second-order valence-electron chi connectivity index (χ2n) is 3.61. The summed E-state index contributed by atoms with van der Waals surface area (Å²) in [6.07, 6.45) is 1.01. The Morgan fingerprint density at radius 2 is 2.35 bits per heavy atom. The van der Waals surface area contributed by atoms with Gasteiger partial charge in [0.1, 0.15) is 18.2 Å². The fourth-order valence-corrected chi connectivity index (χ4v) is 1.95. The number of aliphatic hydroxyl groups excluding tert-OH is 1. The predicted octanol–water partition coefficient (Wildman–Crippen LogP) is 2.91. The Balaban J connectivity index is 2.16. The minimum absolute atomic E-state index is 0.327. The highest BCUT2D eigenvalue weighted by atomic mass is 32.1. The van der Waals surface area contributed by atoms with Crippen molar-refractivity contribution in [2.45, 2.75) is 19.6 Å². The fraction of sp³-hybridized carbons (Fsp3) is 0.250. The third kappa shape index (κ3) is 3.01. The quantitative estimate of drug-likeness (QED) is 0.911. The molecule has 0 saturated heterocycles. The van der Waals surface area contributed by atoms with Crippen molar-refractivity contribution in [2.24, 2.45) is 0 Å². The average Bonchev–Trinajstić information content (AvgIpc) is 2.78. The maximum atomic E-state index is 13.1. The van der Waals surface area contributed by atoms with Gasteiger partial charge in [-0.25, -0.2) is 4.39 Å². The van der Waals surface area contributed by atoms with E-state index in [9.17, 15) is 9.50 Å². The Bertz CT molecular complexity index is 485. The molecule has 0 bridgehead atoms. The average molecular weight is 253 g/mol. The van der Waals surface area contributed by atoms with Crippen molar-refractivity contribution >= 4 is 11.3 Å². The van der Waals surface area contributed by atoms with E-state index >= 15 is 0 Å². The molecule has 1 aromatic heterocycles. The Kier molecular flexibility index (Phi) is 3.71. The molecule has 0 amide bonds. The Morgan fingerprint density at radius 1 is 1.53 bits per heavy atom. The van der Waals surface area contributed by atoms with Crippen LogP contribution in [0.15, 0.2) is 29.9 Å². The van der Waals surface area contributed by atoms with Crippen LogP contribution in [0.5, 0.6) is 5.75 Å². The summed E-state index contributed by atoms with van der Waals surface area (Å²) < 4.78 is 18.6. The standard InChI is InChI=1S/C12H12FNO2S/c1-8(15)11-3-2-9(13)4-12(11)16-6-10-5-14-7-17-10/h2-5,7-8,15H,6H2,1H3. The molecule has 0 spiro atoms. The summed E-state index contributed by atoms with van der Waals surface area (Å²) in [4.78, 5) is 4.87. The van der Waals surface area contributed by atoms with Crippen molar-refractivity contribution < 1.29 is 14.2 Å². The van der Waals surface area contributed by atoms with E-state index in [2.05, 4.69) is 4.98 Å². The van der Waals surface area contributed by atoms with Gasteiger partial charge in [-0.1, -0.05) is 0 Å². The van der Waals surface area contributed by atoms with E-state index in [-0.39, 0.29) is 5.82 Å². The summed E-state index contributed by atoms with van der Waals surface area (Å²) in [5.41, 5.74) is 2.29. The first-order valence-electron chi connectivity index (χ1n) is 5.14. The molecule has 0 radical (unpaired) electrons. The number of thiazole rings is 1. The van der Waals surface area contributed by atoms with Gasteiger partial charge in [0, 0.05) is 17.8 Å². The van der Waals surface area contributed by atoms with E-state index in [4.69, 9.17) is 4.74 Å². The molecule has 1 N–H and O–H groups in total. The maximum absolute atomic E-state index is 13.1. The molecule has 1 heterocycles. The Morgan fingerprint density at radius 3 is 3.00 bits per heavy atom. The zero-order valence-electron chi connectivity index (χ0n) is 9.26. The number of ether oxygens (including phenoxy) is 1. The number of hydrogen-bond acceptors (Lipinski definition) is 4. The van der Waals surface area contributed by atoms with Crippen LogP contribution in [0, 0.1) is 5.82 Å². The molecule has 0 aliphatic heterocycles.